The molecule has 0 N–H and O–H groups in total. The highest BCUT2D eigenvalue weighted by atomic mass is 32.1. The summed E-state index contributed by atoms with van der Waals surface area (Å²) >= 11 is 1.85. The van der Waals surface area contributed by atoms with Crippen molar-refractivity contribution in [1.82, 2.24) is 15.0 Å². The molecular formula is C52H31N3S. The SMILES string of the molecule is c1ccc(-c2nc(-c3ccc(-c4ccc5c(c4)sc4ccccc45)cc3)nc(-c3cccc4c3-c3ccccc3C43c4ccccc4-c4ccccc43)n2)cc1. The van der Waals surface area contributed by atoms with Gasteiger partial charge in [-0.15, -0.1) is 11.3 Å². The molecule has 10 aromatic rings. The highest BCUT2D eigenvalue weighted by Crippen LogP contribution is 2.63. The largest absolute Gasteiger partial charge is 0.208 e. The fourth-order valence-corrected chi connectivity index (χ4v) is 10.5. The minimum absolute atomic E-state index is 0.443. The van der Waals surface area contributed by atoms with E-state index in [1.165, 1.54) is 70.2 Å². The second kappa shape index (κ2) is 12.0. The first-order valence-corrected chi connectivity index (χ1v) is 19.8. The van der Waals surface area contributed by atoms with Gasteiger partial charge >= 0.3 is 0 Å². The van der Waals surface area contributed by atoms with Crippen LogP contribution in [0.5, 0.6) is 0 Å². The Labute approximate surface area is 328 Å². The van der Waals surface area contributed by atoms with Crippen molar-refractivity contribution in [3.63, 3.8) is 0 Å². The molecule has 3 nitrogen and oxygen atoms in total. The minimum Gasteiger partial charge on any atom is -0.208 e. The van der Waals surface area contributed by atoms with E-state index in [1.807, 2.05) is 29.5 Å². The number of fused-ring (bicyclic) bond motifs is 13. The van der Waals surface area contributed by atoms with Gasteiger partial charge in [-0.25, -0.2) is 15.0 Å². The number of hydrogen-bond donors (Lipinski definition) is 0. The number of aromatic nitrogens is 3. The molecular weight excluding hydrogens is 699 g/mol. The molecule has 2 heterocycles. The van der Waals surface area contributed by atoms with Gasteiger partial charge in [0, 0.05) is 36.9 Å². The highest BCUT2D eigenvalue weighted by molar-refractivity contribution is 7.25. The molecule has 56 heavy (non-hydrogen) atoms. The molecule has 0 saturated carbocycles. The molecule has 0 bridgehead atoms. The lowest BCUT2D eigenvalue weighted by Gasteiger charge is -2.30. The van der Waals surface area contributed by atoms with Crippen LogP contribution in [-0.2, 0) is 5.41 Å². The lowest BCUT2D eigenvalue weighted by Crippen LogP contribution is -2.25. The first kappa shape index (κ1) is 31.4. The van der Waals surface area contributed by atoms with Crippen molar-refractivity contribution in [2.75, 3.05) is 0 Å². The molecule has 2 aliphatic carbocycles. The maximum absolute atomic E-state index is 5.30. The summed E-state index contributed by atoms with van der Waals surface area (Å²) in [5, 5.41) is 2.62. The third-order valence-corrected chi connectivity index (χ3v) is 12.9. The van der Waals surface area contributed by atoms with E-state index in [0.717, 1.165) is 22.3 Å². The Morgan fingerprint density at radius 3 is 1.55 bits per heavy atom. The minimum atomic E-state index is -0.443. The van der Waals surface area contributed by atoms with Crippen LogP contribution in [0.3, 0.4) is 0 Å². The summed E-state index contributed by atoms with van der Waals surface area (Å²) in [4.78, 5) is 15.7. The molecule has 0 amide bonds. The van der Waals surface area contributed by atoms with Gasteiger partial charge < -0.3 is 0 Å². The van der Waals surface area contributed by atoms with Crippen LogP contribution in [0.15, 0.2) is 188 Å². The average Bonchev–Trinajstić information content (AvgIpc) is 3.90. The molecule has 2 aliphatic rings. The quantitative estimate of drug-likeness (QED) is 0.181. The van der Waals surface area contributed by atoms with Crippen LogP contribution in [0.2, 0.25) is 0 Å². The van der Waals surface area contributed by atoms with Gasteiger partial charge in [0.1, 0.15) is 0 Å². The normalized spacial score (nSPS) is 13.1. The van der Waals surface area contributed by atoms with E-state index in [0.29, 0.717) is 17.5 Å². The van der Waals surface area contributed by atoms with Gasteiger partial charge in [-0.3, -0.25) is 0 Å². The standard InChI is InChI=1S/C52H31N3S/c1-2-13-33(14-3-1)49-53-50(34-27-25-32(26-28-34)35-29-30-39-38-17-7-11-24-46(38)56-47(39)31-35)55-51(54-49)41-19-12-23-45-48(41)40-18-6-10-22-44(40)52(45)42-20-8-4-15-36(42)37-16-5-9-21-43(37)52/h1-31H. The second-order valence-electron chi connectivity index (χ2n) is 14.7. The molecule has 0 aliphatic heterocycles. The predicted octanol–water partition coefficient (Wildman–Crippen LogP) is 13.3. The van der Waals surface area contributed by atoms with Crippen molar-refractivity contribution in [3.8, 4) is 67.5 Å². The predicted molar refractivity (Wildman–Crippen MR) is 231 cm³/mol. The fraction of sp³-hybridized carbons (Fsp3) is 0.0192. The van der Waals surface area contributed by atoms with E-state index in [9.17, 15) is 0 Å². The first-order valence-electron chi connectivity index (χ1n) is 19.0. The summed E-state index contributed by atoms with van der Waals surface area (Å²) in [6, 6.07) is 67.7. The smallest absolute Gasteiger partial charge is 0.164 e. The van der Waals surface area contributed by atoms with Crippen LogP contribution in [0.4, 0.5) is 0 Å². The Hall–Kier alpha value is -7.01. The number of hydrogen-bond acceptors (Lipinski definition) is 4. The van der Waals surface area contributed by atoms with E-state index in [1.54, 1.807) is 0 Å². The van der Waals surface area contributed by atoms with Crippen LogP contribution in [0.1, 0.15) is 22.3 Å². The summed E-state index contributed by atoms with van der Waals surface area (Å²) in [5.41, 5.74) is 15.0. The van der Waals surface area contributed by atoms with Crippen molar-refractivity contribution in [1.29, 1.82) is 0 Å². The Balaban J connectivity index is 1.03. The second-order valence-corrected chi connectivity index (χ2v) is 15.8. The lowest BCUT2D eigenvalue weighted by molar-refractivity contribution is 0.794. The molecule has 8 aromatic carbocycles. The average molecular weight is 730 g/mol. The molecule has 0 unspecified atom stereocenters. The van der Waals surface area contributed by atoms with E-state index in [4.69, 9.17) is 15.0 Å². The van der Waals surface area contributed by atoms with Crippen LogP contribution < -0.4 is 0 Å². The number of benzene rings is 8. The third-order valence-electron chi connectivity index (χ3n) is 11.8. The summed E-state index contributed by atoms with van der Waals surface area (Å²) in [6.07, 6.45) is 0. The topological polar surface area (TPSA) is 38.7 Å². The van der Waals surface area contributed by atoms with Crippen LogP contribution in [-0.4, -0.2) is 15.0 Å². The molecule has 0 atom stereocenters. The highest BCUT2D eigenvalue weighted by Gasteiger charge is 2.52. The summed E-state index contributed by atoms with van der Waals surface area (Å²) in [7, 11) is 0. The van der Waals surface area contributed by atoms with Gasteiger partial charge in [0.15, 0.2) is 17.5 Å². The summed E-state index contributed by atoms with van der Waals surface area (Å²) in [5.74, 6) is 1.96. The molecule has 260 valence electrons. The van der Waals surface area contributed by atoms with E-state index in [2.05, 4.69) is 170 Å². The third kappa shape index (κ3) is 4.42. The molecule has 0 fully saturated rings. The van der Waals surface area contributed by atoms with Gasteiger partial charge in [0.25, 0.3) is 0 Å². The Morgan fingerprint density at radius 2 is 0.821 bits per heavy atom. The van der Waals surface area contributed by atoms with Crippen molar-refractivity contribution in [2.45, 2.75) is 5.41 Å². The van der Waals surface area contributed by atoms with Gasteiger partial charge in [-0.1, -0.05) is 176 Å². The lowest BCUT2D eigenvalue weighted by atomic mass is 9.70. The van der Waals surface area contributed by atoms with Gasteiger partial charge in [-0.2, -0.15) is 0 Å². The molecule has 12 rings (SSSR count). The zero-order valence-corrected chi connectivity index (χ0v) is 31.0. The summed E-state index contributed by atoms with van der Waals surface area (Å²) in [6.45, 7) is 0. The zero-order valence-electron chi connectivity index (χ0n) is 30.1. The van der Waals surface area contributed by atoms with Gasteiger partial charge in [0.05, 0.1) is 5.41 Å². The van der Waals surface area contributed by atoms with Crippen LogP contribution in [0.25, 0.3) is 87.7 Å². The molecule has 0 radical (unpaired) electrons. The Bertz CT molecular complexity index is 3150. The van der Waals surface area contributed by atoms with E-state index in [-0.39, 0.29) is 0 Å². The van der Waals surface area contributed by atoms with Crippen molar-refractivity contribution < 1.29 is 0 Å². The number of thiophene rings is 1. The van der Waals surface area contributed by atoms with E-state index < -0.39 is 5.41 Å². The number of nitrogens with zero attached hydrogens (tertiary/aromatic N) is 3. The van der Waals surface area contributed by atoms with E-state index >= 15 is 0 Å². The molecule has 0 saturated heterocycles. The molecule has 4 heteroatoms. The molecule has 1 spiro atoms. The first-order chi connectivity index (χ1) is 27.8. The maximum Gasteiger partial charge on any atom is 0.164 e. The Morgan fingerprint density at radius 1 is 0.321 bits per heavy atom. The fourth-order valence-electron chi connectivity index (χ4n) is 9.39. The van der Waals surface area contributed by atoms with Gasteiger partial charge in [0.2, 0.25) is 0 Å². The molecule has 2 aromatic heterocycles. The summed E-state index contributed by atoms with van der Waals surface area (Å²) < 4.78 is 2.61. The maximum atomic E-state index is 5.30. The monoisotopic (exact) mass is 729 g/mol. The van der Waals surface area contributed by atoms with Crippen molar-refractivity contribution in [3.05, 3.63) is 210 Å². The van der Waals surface area contributed by atoms with Crippen LogP contribution in [0, 0.1) is 0 Å². The zero-order chi connectivity index (χ0) is 36.8. The van der Waals surface area contributed by atoms with Crippen molar-refractivity contribution in [2.24, 2.45) is 0 Å². The van der Waals surface area contributed by atoms with Crippen LogP contribution >= 0.6 is 11.3 Å². The van der Waals surface area contributed by atoms with Gasteiger partial charge in [-0.05, 0) is 67.8 Å². The number of rotatable bonds is 4. The Kier molecular flexibility index (Phi) is 6.72. The van der Waals surface area contributed by atoms with Crippen molar-refractivity contribution >= 4 is 31.5 Å².